The molecule has 7 heteroatoms. The molecular formula is C14H11F2NO4. The van der Waals surface area contributed by atoms with Crippen molar-refractivity contribution in [1.29, 1.82) is 0 Å². The first-order valence-corrected chi connectivity index (χ1v) is 5.93. The minimum atomic E-state index is -0.916. The molecule has 0 fully saturated rings. The number of hydrogen-bond acceptors (Lipinski definition) is 4. The van der Waals surface area contributed by atoms with Gasteiger partial charge in [0.15, 0.2) is 6.61 Å². The summed E-state index contributed by atoms with van der Waals surface area (Å²) in [5, 5.41) is 2.17. The van der Waals surface area contributed by atoms with E-state index in [1.807, 2.05) is 0 Å². The number of furan rings is 1. The van der Waals surface area contributed by atoms with Crippen molar-refractivity contribution in [3.8, 4) is 0 Å². The molecule has 21 heavy (non-hydrogen) atoms. The largest absolute Gasteiger partial charge is 0.469 e. The number of aryl methyl sites for hydroxylation is 1. The maximum Gasteiger partial charge on any atom is 0.342 e. The number of amides is 1. The summed E-state index contributed by atoms with van der Waals surface area (Å²) in [6, 6.07) is 4.12. The van der Waals surface area contributed by atoms with Crippen molar-refractivity contribution in [2.45, 2.75) is 6.92 Å². The third-order valence-electron chi connectivity index (χ3n) is 2.62. The highest BCUT2D eigenvalue weighted by atomic mass is 19.1. The fraction of sp³-hybridized carbons (Fsp3) is 0.143. The summed E-state index contributed by atoms with van der Waals surface area (Å²) < 4.78 is 35.7. The summed E-state index contributed by atoms with van der Waals surface area (Å²) in [4.78, 5) is 23.1. The van der Waals surface area contributed by atoms with Gasteiger partial charge in [0.2, 0.25) is 0 Å². The van der Waals surface area contributed by atoms with Crippen LogP contribution in [0.1, 0.15) is 16.1 Å². The lowest BCUT2D eigenvalue weighted by atomic mass is 10.3. The zero-order valence-electron chi connectivity index (χ0n) is 11.0. The Morgan fingerprint density at radius 3 is 2.67 bits per heavy atom. The number of carbonyl (C=O) groups excluding carboxylic acids is 2. The first-order chi connectivity index (χ1) is 9.97. The molecule has 2 aromatic rings. The van der Waals surface area contributed by atoms with Gasteiger partial charge in [0.25, 0.3) is 5.91 Å². The van der Waals surface area contributed by atoms with Crippen molar-refractivity contribution in [1.82, 2.24) is 0 Å². The standard InChI is InChI=1S/C14H11F2NO4/c1-8-10(4-5-20-8)14(19)21-7-13(18)17-12-3-2-9(15)6-11(12)16/h2-6H,7H2,1H3,(H,17,18). The summed E-state index contributed by atoms with van der Waals surface area (Å²) >= 11 is 0. The zero-order valence-corrected chi connectivity index (χ0v) is 11.0. The molecular weight excluding hydrogens is 284 g/mol. The SMILES string of the molecule is Cc1occc1C(=O)OCC(=O)Nc1ccc(F)cc1F. The van der Waals surface area contributed by atoms with Crippen molar-refractivity contribution in [2.75, 3.05) is 11.9 Å². The van der Waals surface area contributed by atoms with Gasteiger partial charge in [-0.15, -0.1) is 0 Å². The minimum absolute atomic E-state index is 0.197. The van der Waals surface area contributed by atoms with Crippen LogP contribution in [0.4, 0.5) is 14.5 Å². The van der Waals surface area contributed by atoms with Gasteiger partial charge in [-0.3, -0.25) is 4.79 Å². The maximum atomic E-state index is 13.3. The number of ether oxygens (including phenoxy) is 1. The molecule has 0 spiro atoms. The summed E-state index contributed by atoms with van der Waals surface area (Å²) in [6.07, 6.45) is 1.32. The van der Waals surface area contributed by atoms with Crippen LogP contribution in [-0.2, 0) is 9.53 Å². The topological polar surface area (TPSA) is 68.5 Å². The highest BCUT2D eigenvalue weighted by Crippen LogP contribution is 2.15. The number of anilines is 1. The van der Waals surface area contributed by atoms with E-state index in [0.29, 0.717) is 11.8 Å². The molecule has 1 amide bonds. The van der Waals surface area contributed by atoms with Crippen LogP contribution in [0.2, 0.25) is 0 Å². The molecule has 1 N–H and O–H groups in total. The smallest absolute Gasteiger partial charge is 0.342 e. The van der Waals surface area contributed by atoms with Crippen LogP contribution in [0.5, 0.6) is 0 Å². The van der Waals surface area contributed by atoms with Gasteiger partial charge in [0.05, 0.1) is 12.0 Å². The third-order valence-corrected chi connectivity index (χ3v) is 2.62. The maximum absolute atomic E-state index is 13.3. The Hall–Kier alpha value is -2.70. The summed E-state index contributed by atoms with van der Waals surface area (Å²) in [5.74, 6) is -2.77. The van der Waals surface area contributed by atoms with Crippen LogP contribution in [0.3, 0.4) is 0 Å². The molecule has 1 aromatic carbocycles. The lowest BCUT2D eigenvalue weighted by Gasteiger charge is -2.07. The number of hydrogen-bond donors (Lipinski definition) is 1. The Kier molecular flexibility index (Phi) is 4.32. The van der Waals surface area contributed by atoms with Gasteiger partial charge in [-0.2, -0.15) is 0 Å². The van der Waals surface area contributed by atoms with Gasteiger partial charge >= 0.3 is 5.97 Å². The Labute approximate surface area is 118 Å². The van der Waals surface area contributed by atoms with Gasteiger partial charge in [0, 0.05) is 6.07 Å². The lowest BCUT2D eigenvalue weighted by molar-refractivity contribution is -0.119. The van der Waals surface area contributed by atoms with Crippen LogP contribution >= 0.6 is 0 Å². The molecule has 0 radical (unpaired) electrons. The monoisotopic (exact) mass is 295 g/mol. The molecule has 2 rings (SSSR count). The number of nitrogens with one attached hydrogen (secondary N) is 1. The van der Waals surface area contributed by atoms with Crippen molar-refractivity contribution in [3.05, 3.63) is 53.5 Å². The molecule has 0 bridgehead atoms. The summed E-state index contributed by atoms with van der Waals surface area (Å²) in [7, 11) is 0. The number of rotatable bonds is 4. The van der Waals surface area contributed by atoms with E-state index in [9.17, 15) is 18.4 Å². The second-order valence-electron chi connectivity index (χ2n) is 4.14. The van der Waals surface area contributed by atoms with E-state index >= 15 is 0 Å². The van der Waals surface area contributed by atoms with E-state index < -0.39 is 30.1 Å². The number of halogens is 2. The molecule has 1 aromatic heterocycles. The second kappa shape index (κ2) is 6.17. The van der Waals surface area contributed by atoms with E-state index in [1.165, 1.54) is 12.3 Å². The fourth-order valence-electron chi connectivity index (χ4n) is 1.58. The molecule has 0 unspecified atom stereocenters. The Morgan fingerprint density at radius 1 is 1.29 bits per heavy atom. The number of benzene rings is 1. The fourth-order valence-corrected chi connectivity index (χ4v) is 1.58. The molecule has 0 atom stereocenters. The van der Waals surface area contributed by atoms with E-state index in [1.54, 1.807) is 6.92 Å². The van der Waals surface area contributed by atoms with Crippen LogP contribution in [0.25, 0.3) is 0 Å². The number of esters is 1. The van der Waals surface area contributed by atoms with Gasteiger partial charge < -0.3 is 14.5 Å². The molecule has 0 saturated heterocycles. The van der Waals surface area contributed by atoms with E-state index in [4.69, 9.17) is 9.15 Å². The van der Waals surface area contributed by atoms with Gasteiger partial charge in [-0.05, 0) is 25.1 Å². The predicted octanol–water partition coefficient (Wildman–Crippen LogP) is 2.66. The third kappa shape index (κ3) is 3.65. The van der Waals surface area contributed by atoms with Crippen LogP contribution in [-0.4, -0.2) is 18.5 Å². The quantitative estimate of drug-likeness (QED) is 0.880. The molecule has 5 nitrogen and oxygen atoms in total. The van der Waals surface area contributed by atoms with E-state index in [-0.39, 0.29) is 11.3 Å². The van der Waals surface area contributed by atoms with Gasteiger partial charge in [0.1, 0.15) is 23.0 Å². The van der Waals surface area contributed by atoms with Crippen LogP contribution in [0, 0.1) is 18.6 Å². The highest BCUT2D eigenvalue weighted by molar-refractivity contribution is 5.95. The molecule has 110 valence electrons. The van der Waals surface area contributed by atoms with Gasteiger partial charge in [-0.25, -0.2) is 13.6 Å². The predicted molar refractivity (Wildman–Crippen MR) is 68.7 cm³/mol. The van der Waals surface area contributed by atoms with Crippen molar-refractivity contribution >= 4 is 17.6 Å². The molecule has 1 heterocycles. The van der Waals surface area contributed by atoms with Crippen LogP contribution in [0.15, 0.2) is 34.9 Å². The van der Waals surface area contributed by atoms with Crippen LogP contribution < -0.4 is 5.32 Å². The molecule has 0 saturated carbocycles. The van der Waals surface area contributed by atoms with Gasteiger partial charge in [-0.1, -0.05) is 0 Å². The second-order valence-corrected chi connectivity index (χ2v) is 4.14. The summed E-state index contributed by atoms with van der Waals surface area (Å²) in [6.45, 7) is 0.977. The lowest BCUT2D eigenvalue weighted by Crippen LogP contribution is -2.21. The number of carbonyl (C=O) groups is 2. The molecule has 0 aliphatic carbocycles. The molecule has 0 aliphatic heterocycles. The van der Waals surface area contributed by atoms with E-state index in [0.717, 1.165) is 12.1 Å². The average Bonchev–Trinajstić information content (AvgIpc) is 2.85. The summed E-state index contributed by atoms with van der Waals surface area (Å²) in [5.41, 5.74) is 0.00713. The molecule has 0 aliphatic rings. The van der Waals surface area contributed by atoms with Crippen molar-refractivity contribution < 1.29 is 27.5 Å². The zero-order chi connectivity index (χ0) is 15.4. The van der Waals surface area contributed by atoms with Crippen molar-refractivity contribution in [3.63, 3.8) is 0 Å². The van der Waals surface area contributed by atoms with Crippen molar-refractivity contribution in [2.24, 2.45) is 0 Å². The highest BCUT2D eigenvalue weighted by Gasteiger charge is 2.15. The van der Waals surface area contributed by atoms with E-state index in [2.05, 4.69) is 5.32 Å². The first kappa shape index (κ1) is 14.7. The Balaban J connectivity index is 1.90. The normalized spacial score (nSPS) is 10.2. The average molecular weight is 295 g/mol. The Bertz CT molecular complexity index is 681. The first-order valence-electron chi connectivity index (χ1n) is 5.93. The minimum Gasteiger partial charge on any atom is -0.469 e. The Morgan fingerprint density at radius 2 is 2.05 bits per heavy atom.